The Kier molecular flexibility index (Phi) is 5.12. The lowest BCUT2D eigenvalue weighted by Gasteiger charge is -2.19. The predicted octanol–water partition coefficient (Wildman–Crippen LogP) is 2.69. The summed E-state index contributed by atoms with van der Waals surface area (Å²) in [6.07, 6.45) is 1.55. The first-order valence-electron chi connectivity index (χ1n) is 7.39. The molecule has 1 aliphatic carbocycles. The number of hydrogen-bond acceptors (Lipinski definition) is 2. The van der Waals surface area contributed by atoms with E-state index in [0.717, 1.165) is 23.4 Å². The van der Waals surface area contributed by atoms with E-state index in [-0.39, 0.29) is 23.9 Å². The minimum Gasteiger partial charge on any atom is -0.391 e. The van der Waals surface area contributed by atoms with Gasteiger partial charge in [-0.1, -0.05) is 43.6 Å². The average Bonchev–Trinajstić information content (AvgIpc) is 3.24. The van der Waals surface area contributed by atoms with E-state index in [9.17, 15) is 9.90 Å². The highest BCUT2D eigenvalue weighted by molar-refractivity contribution is 6.31. The van der Waals surface area contributed by atoms with Gasteiger partial charge in [-0.2, -0.15) is 0 Å². The second-order valence-electron chi connectivity index (χ2n) is 6.14. The Labute approximate surface area is 130 Å². The maximum Gasteiger partial charge on any atom is 0.314 e. The van der Waals surface area contributed by atoms with E-state index >= 15 is 0 Å². The summed E-state index contributed by atoms with van der Waals surface area (Å²) in [6, 6.07) is 7.55. The van der Waals surface area contributed by atoms with Crippen LogP contribution in [0.1, 0.15) is 32.3 Å². The van der Waals surface area contributed by atoms with Crippen LogP contribution in [0.15, 0.2) is 24.3 Å². The number of hydrogen-bond donors (Lipinski definition) is 3. The molecule has 3 N–H and O–H groups in total. The van der Waals surface area contributed by atoms with Crippen LogP contribution in [0.4, 0.5) is 4.79 Å². The van der Waals surface area contributed by atoms with Gasteiger partial charge in [0, 0.05) is 23.5 Å². The molecule has 4 nitrogen and oxygen atoms in total. The van der Waals surface area contributed by atoms with Crippen LogP contribution >= 0.6 is 11.6 Å². The van der Waals surface area contributed by atoms with Crippen LogP contribution in [0.3, 0.4) is 0 Å². The number of carbonyl (C=O) groups is 1. The highest BCUT2D eigenvalue weighted by Crippen LogP contribution is 2.49. The van der Waals surface area contributed by atoms with Gasteiger partial charge in [-0.15, -0.1) is 0 Å². The number of urea groups is 1. The maximum atomic E-state index is 11.8. The number of benzene rings is 1. The van der Waals surface area contributed by atoms with Crippen LogP contribution in [0.2, 0.25) is 5.02 Å². The van der Waals surface area contributed by atoms with Gasteiger partial charge in [-0.3, -0.25) is 0 Å². The molecular weight excluding hydrogens is 288 g/mol. The van der Waals surface area contributed by atoms with Crippen molar-refractivity contribution in [2.75, 3.05) is 13.1 Å². The SMILES string of the molecule is CC(C)C(O)CNC(=O)NCC1(c2ccccc2Cl)CC1. The number of aliphatic hydroxyl groups excluding tert-OH is 1. The van der Waals surface area contributed by atoms with Gasteiger partial charge in [0.1, 0.15) is 0 Å². The molecule has 2 amide bonds. The Balaban J connectivity index is 1.83. The summed E-state index contributed by atoms with van der Waals surface area (Å²) in [6.45, 7) is 4.67. The fraction of sp³-hybridized carbons (Fsp3) is 0.562. The molecule has 0 bridgehead atoms. The molecule has 1 aromatic rings. The van der Waals surface area contributed by atoms with E-state index in [0.29, 0.717) is 6.54 Å². The molecule has 2 rings (SSSR count). The Bertz CT molecular complexity index is 501. The highest BCUT2D eigenvalue weighted by Gasteiger charge is 2.45. The topological polar surface area (TPSA) is 61.4 Å². The lowest BCUT2D eigenvalue weighted by atomic mass is 9.96. The molecule has 116 valence electrons. The molecule has 0 saturated heterocycles. The largest absolute Gasteiger partial charge is 0.391 e. The van der Waals surface area contributed by atoms with Crippen molar-refractivity contribution >= 4 is 17.6 Å². The summed E-state index contributed by atoms with van der Waals surface area (Å²) >= 11 is 6.24. The summed E-state index contributed by atoms with van der Waals surface area (Å²) in [7, 11) is 0. The van der Waals surface area contributed by atoms with Crippen molar-refractivity contribution in [3.63, 3.8) is 0 Å². The third-order valence-corrected chi connectivity index (χ3v) is 4.46. The zero-order chi connectivity index (χ0) is 15.5. The van der Waals surface area contributed by atoms with Gasteiger partial charge < -0.3 is 15.7 Å². The van der Waals surface area contributed by atoms with E-state index < -0.39 is 6.10 Å². The molecule has 0 heterocycles. The fourth-order valence-electron chi connectivity index (χ4n) is 2.33. The summed E-state index contributed by atoms with van der Waals surface area (Å²) in [5.74, 6) is 0.128. The Hall–Kier alpha value is -1.26. The van der Waals surface area contributed by atoms with Crippen LogP contribution in [-0.4, -0.2) is 30.3 Å². The van der Waals surface area contributed by atoms with Gasteiger partial charge in [0.05, 0.1) is 6.10 Å². The van der Waals surface area contributed by atoms with Gasteiger partial charge in [0.25, 0.3) is 0 Å². The van der Waals surface area contributed by atoms with Crippen molar-refractivity contribution in [2.24, 2.45) is 5.92 Å². The number of carbonyl (C=O) groups excluding carboxylic acids is 1. The Morgan fingerprint density at radius 3 is 2.57 bits per heavy atom. The molecule has 1 atom stereocenters. The molecular formula is C16H23ClN2O2. The molecule has 1 aliphatic rings. The first-order chi connectivity index (χ1) is 9.94. The lowest BCUT2D eigenvalue weighted by molar-refractivity contribution is 0.125. The highest BCUT2D eigenvalue weighted by atomic mass is 35.5. The zero-order valence-electron chi connectivity index (χ0n) is 12.5. The third kappa shape index (κ3) is 4.11. The van der Waals surface area contributed by atoms with Crippen molar-refractivity contribution in [3.05, 3.63) is 34.9 Å². The molecule has 0 spiro atoms. The third-order valence-electron chi connectivity index (χ3n) is 4.13. The van der Waals surface area contributed by atoms with E-state index in [4.69, 9.17) is 11.6 Å². The van der Waals surface area contributed by atoms with E-state index in [1.807, 2.05) is 38.1 Å². The summed E-state index contributed by atoms with van der Waals surface area (Å²) < 4.78 is 0. The van der Waals surface area contributed by atoms with Crippen molar-refractivity contribution in [3.8, 4) is 0 Å². The lowest BCUT2D eigenvalue weighted by Crippen LogP contribution is -2.43. The smallest absolute Gasteiger partial charge is 0.314 e. The summed E-state index contributed by atoms with van der Waals surface area (Å²) in [5, 5.41) is 16.0. The standard InChI is InChI=1S/C16H23ClN2O2/c1-11(2)14(20)9-18-15(21)19-10-16(7-8-16)12-5-3-4-6-13(12)17/h3-6,11,14,20H,7-10H2,1-2H3,(H2,18,19,21). The van der Waals surface area contributed by atoms with E-state index in [1.165, 1.54) is 0 Å². The summed E-state index contributed by atoms with van der Waals surface area (Å²) in [5.41, 5.74) is 1.08. The normalized spacial score (nSPS) is 17.4. The maximum absolute atomic E-state index is 11.8. The molecule has 1 fully saturated rings. The minimum atomic E-state index is -0.519. The minimum absolute atomic E-state index is 0.0215. The number of rotatable bonds is 6. The monoisotopic (exact) mass is 310 g/mol. The summed E-state index contributed by atoms with van der Waals surface area (Å²) in [4.78, 5) is 11.8. The van der Waals surface area contributed by atoms with Gasteiger partial charge in [0.15, 0.2) is 0 Å². The molecule has 1 saturated carbocycles. The van der Waals surface area contributed by atoms with Crippen LogP contribution in [0.5, 0.6) is 0 Å². The first-order valence-corrected chi connectivity index (χ1v) is 7.77. The first kappa shape index (κ1) is 16.1. The molecule has 0 aliphatic heterocycles. The molecule has 0 radical (unpaired) electrons. The van der Waals surface area contributed by atoms with Gasteiger partial charge >= 0.3 is 6.03 Å². The second-order valence-corrected chi connectivity index (χ2v) is 6.54. The van der Waals surface area contributed by atoms with Crippen LogP contribution in [0.25, 0.3) is 0 Å². The molecule has 1 aromatic carbocycles. The molecule has 1 unspecified atom stereocenters. The predicted molar refractivity (Wildman–Crippen MR) is 84.6 cm³/mol. The van der Waals surface area contributed by atoms with Crippen LogP contribution in [0, 0.1) is 5.92 Å². The Morgan fingerprint density at radius 2 is 2.00 bits per heavy atom. The number of nitrogens with one attached hydrogen (secondary N) is 2. The van der Waals surface area contributed by atoms with Gasteiger partial charge in [0.2, 0.25) is 0 Å². The molecule has 21 heavy (non-hydrogen) atoms. The van der Waals surface area contributed by atoms with Gasteiger partial charge in [-0.25, -0.2) is 4.79 Å². The quantitative estimate of drug-likeness (QED) is 0.756. The fourth-order valence-corrected chi connectivity index (χ4v) is 2.66. The average molecular weight is 311 g/mol. The number of amides is 2. The van der Waals surface area contributed by atoms with Crippen molar-refractivity contribution < 1.29 is 9.90 Å². The van der Waals surface area contributed by atoms with E-state index in [1.54, 1.807) is 0 Å². The Morgan fingerprint density at radius 1 is 1.33 bits per heavy atom. The van der Waals surface area contributed by atoms with E-state index in [2.05, 4.69) is 10.6 Å². The zero-order valence-corrected chi connectivity index (χ0v) is 13.3. The number of halogens is 1. The van der Waals surface area contributed by atoms with Gasteiger partial charge in [-0.05, 0) is 30.4 Å². The van der Waals surface area contributed by atoms with Crippen molar-refractivity contribution in [1.29, 1.82) is 0 Å². The van der Waals surface area contributed by atoms with Crippen LogP contribution in [-0.2, 0) is 5.41 Å². The molecule has 5 heteroatoms. The van der Waals surface area contributed by atoms with Crippen LogP contribution < -0.4 is 10.6 Å². The second kappa shape index (κ2) is 6.67. The number of aliphatic hydroxyl groups is 1. The molecule has 0 aromatic heterocycles. The van der Waals surface area contributed by atoms with Crippen molar-refractivity contribution in [1.82, 2.24) is 10.6 Å². The van der Waals surface area contributed by atoms with Crippen molar-refractivity contribution in [2.45, 2.75) is 38.2 Å².